The minimum absolute atomic E-state index is 0.0367. The van der Waals surface area contributed by atoms with E-state index in [-0.39, 0.29) is 11.8 Å². The van der Waals surface area contributed by atoms with Crippen LogP contribution in [0.1, 0.15) is 33.6 Å². The zero-order chi connectivity index (χ0) is 16.9. The van der Waals surface area contributed by atoms with E-state index < -0.39 is 0 Å². The molecule has 5 nitrogen and oxygen atoms in total. The Labute approximate surface area is 141 Å². The number of likely N-dealkylation sites (tertiary alicyclic amines) is 1. The lowest BCUT2D eigenvalue weighted by Crippen LogP contribution is -2.27. The molecule has 0 atom stereocenters. The van der Waals surface area contributed by atoms with Crippen molar-refractivity contribution >= 4 is 17.5 Å². The molecule has 1 N–H and O–H groups in total. The number of hydrogen-bond acceptors (Lipinski definition) is 3. The summed E-state index contributed by atoms with van der Waals surface area (Å²) in [5, 5.41) is 2.82. The third-order valence-electron chi connectivity index (χ3n) is 4.14. The van der Waals surface area contributed by atoms with Gasteiger partial charge in [0.2, 0.25) is 0 Å². The minimum Gasteiger partial charge on any atom is -0.497 e. The maximum Gasteiger partial charge on any atom is 0.255 e. The smallest absolute Gasteiger partial charge is 0.255 e. The van der Waals surface area contributed by atoms with E-state index in [2.05, 4.69) is 5.32 Å². The fraction of sp³-hybridized carbons (Fsp3) is 0.263. The number of carbonyl (C=O) groups is 2. The number of benzene rings is 2. The number of amides is 2. The Morgan fingerprint density at radius 3 is 2.08 bits per heavy atom. The molecular formula is C19H20N2O3. The van der Waals surface area contributed by atoms with Crippen LogP contribution >= 0.6 is 0 Å². The van der Waals surface area contributed by atoms with Crippen molar-refractivity contribution in [2.24, 2.45) is 0 Å². The molecule has 124 valence electrons. The highest BCUT2D eigenvalue weighted by atomic mass is 16.5. The second kappa shape index (κ2) is 7.17. The van der Waals surface area contributed by atoms with E-state index in [0.29, 0.717) is 16.8 Å². The van der Waals surface area contributed by atoms with Gasteiger partial charge in [0.05, 0.1) is 7.11 Å². The van der Waals surface area contributed by atoms with Gasteiger partial charge in [-0.25, -0.2) is 0 Å². The molecule has 1 aliphatic heterocycles. The Balaban J connectivity index is 1.65. The highest BCUT2D eigenvalue weighted by Crippen LogP contribution is 2.17. The third kappa shape index (κ3) is 3.56. The number of hydrogen-bond donors (Lipinski definition) is 1. The molecule has 0 bridgehead atoms. The van der Waals surface area contributed by atoms with Gasteiger partial charge < -0.3 is 15.0 Å². The van der Waals surface area contributed by atoms with Crippen molar-refractivity contribution in [3.8, 4) is 5.75 Å². The molecule has 2 aromatic carbocycles. The van der Waals surface area contributed by atoms with E-state index >= 15 is 0 Å². The fourth-order valence-electron chi connectivity index (χ4n) is 2.74. The summed E-state index contributed by atoms with van der Waals surface area (Å²) in [6.45, 7) is 1.64. The molecule has 1 aliphatic rings. The van der Waals surface area contributed by atoms with Gasteiger partial charge in [-0.15, -0.1) is 0 Å². The standard InChI is InChI=1S/C19H20N2O3/c1-24-17-10-8-16(9-11-17)20-18(22)14-4-6-15(7-5-14)19(23)21-12-2-3-13-21/h4-11H,2-3,12-13H2,1H3,(H,20,22). The van der Waals surface area contributed by atoms with Gasteiger partial charge in [0.25, 0.3) is 11.8 Å². The Hall–Kier alpha value is -2.82. The SMILES string of the molecule is COc1ccc(NC(=O)c2ccc(C(=O)N3CCCC3)cc2)cc1. The van der Waals surface area contributed by atoms with Crippen molar-refractivity contribution in [1.82, 2.24) is 4.90 Å². The van der Waals surface area contributed by atoms with Crippen molar-refractivity contribution in [2.45, 2.75) is 12.8 Å². The largest absolute Gasteiger partial charge is 0.497 e. The lowest BCUT2D eigenvalue weighted by Gasteiger charge is -2.15. The molecule has 2 amide bonds. The zero-order valence-electron chi connectivity index (χ0n) is 13.6. The summed E-state index contributed by atoms with van der Waals surface area (Å²) in [6.07, 6.45) is 2.13. The first kappa shape index (κ1) is 16.1. The second-order valence-electron chi connectivity index (χ2n) is 5.76. The van der Waals surface area contributed by atoms with Gasteiger partial charge in [0.15, 0.2) is 0 Å². The number of carbonyl (C=O) groups excluding carboxylic acids is 2. The number of methoxy groups -OCH3 is 1. The molecule has 0 saturated carbocycles. The zero-order valence-corrected chi connectivity index (χ0v) is 13.6. The second-order valence-corrected chi connectivity index (χ2v) is 5.76. The maximum absolute atomic E-state index is 12.3. The van der Waals surface area contributed by atoms with Gasteiger partial charge in [-0.1, -0.05) is 0 Å². The Morgan fingerprint density at radius 1 is 0.917 bits per heavy atom. The topological polar surface area (TPSA) is 58.6 Å². The number of nitrogens with one attached hydrogen (secondary N) is 1. The lowest BCUT2D eigenvalue weighted by atomic mass is 10.1. The fourth-order valence-corrected chi connectivity index (χ4v) is 2.74. The molecule has 1 saturated heterocycles. The number of nitrogens with zero attached hydrogens (tertiary/aromatic N) is 1. The molecule has 1 heterocycles. The van der Waals surface area contributed by atoms with Crippen LogP contribution in [-0.2, 0) is 0 Å². The molecule has 0 aromatic heterocycles. The predicted octanol–water partition coefficient (Wildman–Crippen LogP) is 3.18. The molecule has 3 rings (SSSR count). The number of ether oxygens (including phenoxy) is 1. The van der Waals surface area contributed by atoms with Crippen molar-refractivity contribution in [3.63, 3.8) is 0 Å². The average Bonchev–Trinajstić information content (AvgIpc) is 3.16. The molecule has 24 heavy (non-hydrogen) atoms. The molecule has 0 spiro atoms. The van der Waals surface area contributed by atoms with E-state index in [0.717, 1.165) is 31.7 Å². The quantitative estimate of drug-likeness (QED) is 0.939. The Morgan fingerprint density at radius 2 is 1.50 bits per heavy atom. The van der Waals surface area contributed by atoms with Crippen LogP contribution in [0.25, 0.3) is 0 Å². The Bertz CT molecular complexity index is 717. The van der Waals surface area contributed by atoms with Crippen LogP contribution in [0.3, 0.4) is 0 Å². The van der Waals surface area contributed by atoms with E-state index in [1.54, 1.807) is 55.6 Å². The summed E-state index contributed by atoms with van der Waals surface area (Å²) in [5.74, 6) is 0.563. The molecule has 1 fully saturated rings. The van der Waals surface area contributed by atoms with E-state index in [9.17, 15) is 9.59 Å². The van der Waals surface area contributed by atoms with Gasteiger partial charge in [-0.3, -0.25) is 9.59 Å². The van der Waals surface area contributed by atoms with Gasteiger partial charge in [-0.05, 0) is 61.4 Å². The normalized spacial score (nSPS) is 13.6. The monoisotopic (exact) mass is 324 g/mol. The van der Waals surface area contributed by atoms with Crippen LogP contribution in [0.2, 0.25) is 0 Å². The van der Waals surface area contributed by atoms with Crippen LogP contribution in [0.4, 0.5) is 5.69 Å². The molecule has 0 unspecified atom stereocenters. The van der Waals surface area contributed by atoms with Gasteiger partial charge in [-0.2, -0.15) is 0 Å². The summed E-state index contributed by atoms with van der Waals surface area (Å²) < 4.78 is 5.09. The number of rotatable bonds is 4. The van der Waals surface area contributed by atoms with Crippen LogP contribution in [0.15, 0.2) is 48.5 Å². The van der Waals surface area contributed by atoms with E-state index in [4.69, 9.17) is 4.74 Å². The highest BCUT2D eigenvalue weighted by molar-refractivity contribution is 6.05. The third-order valence-corrected chi connectivity index (χ3v) is 4.14. The van der Waals surface area contributed by atoms with Crippen LogP contribution in [0.5, 0.6) is 5.75 Å². The van der Waals surface area contributed by atoms with E-state index in [1.807, 2.05) is 4.90 Å². The van der Waals surface area contributed by atoms with Crippen LogP contribution in [-0.4, -0.2) is 36.9 Å². The lowest BCUT2D eigenvalue weighted by molar-refractivity contribution is 0.0792. The highest BCUT2D eigenvalue weighted by Gasteiger charge is 2.19. The number of anilines is 1. The van der Waals surface area contributed by atoms with Gasteiger partial charge in [0.1, 0.15) is 5.75 Å². The molecule has 0 aliphatic carbocycles. The molecule has 5 heteroatoms. The molecular weight excluding hydrogens is 304 g/mol. The first-order valence-electron chi connectivity index (χ1n) is 8.02. The maximum atomic E-state index is 12.3. The van der Waals surface area contributed by atoms with Crippen molar-refractivity contribution < 1.29 is 14.3 Å². The van der Waals surface area contributed by atoms with E-state index in [1.165, 1.54) is 0 Å². The average molecular weight is 324 g/mol. The Kier molecular flexibility index (Phi) is 4.79. The summed E-state index contributed by atoms with van der Waals surface area (Å²) in [6, 6.07) is 13.9. The molecule has 0 radical (unpaired) electrons. The summed E-state index contributed by atoms with van der Waals surface area (Å²) in [4.78, 5) is 26.4. The van der Waals surface area contributed by atoms with Crippen molar-refractivity contribution in [2.75, 3.05) is 25.5 Å². The first-order chi connectivity index (χ1) is 11.7. The van der Waals surface area contributed by atoms with Crippen LogP contribution in [0, 0.1) is 0 Å². The van der Waals surface area contributed by atoms with Gasteiger partial charge in [0, 0.05) is 29.9 Å². The van der Waals surface area contributed by atoms with Crippen LogP contribution < -0.4 is 10.1 Å². The first-order valence-corrected chi connectivity index (χ1v) is 8.02. The minimum atomic E-state index is -0.208. The summed E-state index contributed by atoms with van der Waals surface area (Å²) >= 11 is 0. The predicted molar refractivity (Wildman–Crippen MR) is 92.5 cm³/mol. The van der Waals surface area contributed by atoms with Gasteiger partial charge >= 0.3 is 0 Å². The summed E-state index contributed by atoms with van der Waals surface area (Å²) in [7, 11) is 1.60. The van der Waals surface area contributed by atoms with Crippen molar-refractivity contribution in [3.05, 3.63) is 59.7 Å². The summed E-state index contributed by atoms with van der Waals surface area (Å²) in [5.41, 5.74) is 1.83. The van der Waals surface area contributed by atoms with Crippen molar-refractivity contribution in [1.29, 1.82) is 0 Å². The molecule has 2 aromatic rings.